The number of nitrogens with zero attached hydrogens (tertiary/aromatic N) is 3. The van der Waals surface area contributed by atoms with Crippen LogP contribution in [0.2, 0.25) is 0 Å². The molecule has 0 saturated heterocycles. The van der Waals surface area contributed by atoms with Gasteiger partial charge in [0, 0.05) is 36.6 Å². The predicted molar refractivity (Wildman–Crippen MR) is 108 cm³/mol. The highest BCUT2D eigenvalue weighted by atomic mass is 32.1. The molecule has 2 amide bonds. The first kappa shape index (κ1) is 19.6. The molecule has 2 N–H and O–H groups in total. The van der Waals surface area contributed by atoms with Crippen LogP contribution in [-0.4, -0.2) is 27.0 Å². The number of amides is 2. The molecule has 0 bridgehead atoms. The first-order chi connectivity index (χ1) is 13.5. The molecule has 0 aliphatic rings. The molecule has 28 heavy (non-hydrogen) atoms. The number of rotatable bonds is 7. The van der Waals surface area contributed by atoms with Gasteiger partial charge in [0.05, 0.1) is 0 Å². The minimum absolute atomic E-state index is 0.191. The summed E-state index contributed by atoms with van der Waals surface area (Å²) in [6.07, 6.45) is 4.19. The van der Waals surface area contributed by atoms with Crippen molar-refractivity contribution >= 4 is 28.8 Å². The Balaban J connectivity index is 1.55. The van der Waals surface area contributed by atoms with Gasteiger partial charge in [0.15, 0.2) is 0 Å². The number of nitrogens with one attached hydrogen (secondary N) is 2. The lowest BCUT2D eigenvalue weighted by atomic mass is 10.1. The minimum Gasteiger partial charge on any atom is -0.348 e. The van der Waals surface area contributed by atoms with Crippen molar-refractivity contribution in [1.82, 2.24) is 20.5 Å². The quantitative estimate of drug-likeness (QED) is 0.640. The molecule has 0 aliphatic carbocycles. The molecule has 0 atom stereocenters. The van der Waals surface area contributed by atoms with Crippen molar-refractivity contribution in [2.24, 2.45) is 5.92 Å². The molecule has 0 aliphatic heterocycles. The van der Waals surface area contributed by atoms with Crippen LogP contribution in [-0.2, 0) is 13.0 Å². The fourth-order valence-corrected chi connectivity index (χ4v) is 3.40. The number of carbonyl (C=O) groups is 2. The summed E-state index contributed by atoms with van der Waals surface area (Å²) in [5.41, 5.74) is 2.03. The van der Waals surface area contributed by atoms with Crippen molar-refractivity contribution in [2.75, 3.05) is 5.32 Å². The molecule has 3 rings (SSSR count). The molecule has 144 valence electrons. The van der Waals surface area contributed by atoms with Gasteiger partial charge in [-0.05, 0) is 41.8 Å². The van der Waals surface area contributed by atoms with Gasteiger partial charge < -0.3 is 10.6 Å². The lowest BCUT2D eigenvalue weighted by Crippen LogP contribution is -2.22. The average Bonchev–Trinajstić information content (AvgIpc) is 3.15. The summed E-state index contributed by atoms with van der Waals surface area (Å²) in [6, 6.07) is 10.4. The van der Waals surface area contributed by atoms with Gasteiger partial charge in [-0.2, -0.15) is 0 Å². The van der Waals surface area contributed by atoms with E-state index in [4.69, 9.17) is 0 Å². The van der Waals surface area contributed by atoms with E-state index in [0.29, 0.717) is 28.7 Å². The fourth-order valence-electron chi connectivity index (χ4n) is 2.45. The Kier molecular flexibility index (Phi) is 6.44. The maximum absolute atomic E-state index is 12.3. The molecule has 0 saturated carbocycles. The summed E-state index contributed by atoms with van der Waals surface area (Å²) >= 11 is 1.30. The van der Waals surface area contributed by atoms with E-state index in [1.807, 2.05) is 12.1 Å². The van der Waals surface area contributed by atoms with Crippen molar-refractivity contribution in [3.05, 3.63) is 69.9 Å². The van der Waals surface area contributed by atoms with Crippen LogP contribution >= 0.6 is 11.3 Å². The van der Waals surface area contributed by atoms with Gasteiger partial charge in [-0.15, -0.1) is 10.2 Å². The second kappa shape index (κ2) is 9.18. The summed E-state index contributed by atoms with van der Waals surface area (Å²) in [5.74, 6) is -0.0360. The molecule has 7 nitrogen and oxygen atoms in total. The van der Waals surface area contributed by atoms with E-state index in [1.54, 1.807) is 36.7 Å². The molecule has 0 fully saturated rings. The van der Waals surface area contributed by atoms with Crippen LogP contribution in [0.1, 0.15) is 44.6 Å². The molecule has 0 spiro atoms. The molecular weight excluding hydrogens is 374 g/mol. The Morgan fingerprint density at radius 2 is 1.86 bits per heavy atom. The number of hydrogen-bond donors (Lipinski definition) is 2. The summed E-state index contributed by atoms with van der Waals surface area (Å²) in [6.45, 7) is 4.59. The van der Waals surface area contributed by atoms with Crippen molar-refractivity contribution < 1.29 is 9.59 Å². The van der Waals surface area contributed by atoms with Crippen LogP contribution in [0.15, 0.2) is 48.8 Å². The molecule has 0 radical (unpaired) electrons. The number of anilines is 1. The Hall–Kier alpha value is -3.13. The smallest absolute Gasteiger partial charge is 0.286 e. The van der Waals surface area contributed by atoms with Crippen LogP contribution in [0.4, 0.5) is 5.69 Å². The van der Waals surface area contributed by atoms with E-state index in [1.165, 1.54) is 11.3 Å². The van der Waals surface area contributed by atoms with Gasteiger partial charge in [-0.25, -0.2) is 0 Å². The third-order valence-corrected chi connectivity index (χ3v) is 4.77. The zero-order valence-electron chi connectivity index (χ0n) is 15.7. The summed E-state index contributed by atoms with van der Waals surface area (Å²) in [5, 5.41) is 14.8. The number of pyridine rings is 1. The second-order valence-corrected chi connectivity index (χ2v) is 7.74. The Bertz CT molecular complexity index is 939. The normalized spacial score (nSPS) is 10.7. The topological polar surface area (TPSA) is 96.9 Å². The van der Waals surface area contributed by atoms with E-state index < -0.39 is 0 Å². The van der Waals surface area contributed by atoms with Crippen molar-refractivity contribution in [3.8, 4) is 0 Å². The highest BCUT2D eigenvalue weighted by Gasteiger charge is 2.14. The van der Waals surface area contributed by atoms with Gasteiger partial charge >= 0.3 is 0 Å². The molecular formula is C20H21N5O2S. The van der Waals surface area contributed by atoms with E-state index in [2.05, 4.69) is 39.7 Å². The Morgan fingerprint density at radius 1 is 1.07 bits per heavy atom. The van der Waals surface area contributed by atoms with Gasteiger partial charge in [-0.1, -0.05) is 31.3 Å². The molecule has 1 aromatic carbocycles. The summed E-state index contributed by atoms with van der Waals surface area (Å²) < 4.78 is 0. The van der Waals surface area contributed by atoms with E-state index >= 15 is 0 Å². The van der Waals surface area contributed by atoms with Crippen LogP contribution in [0.3, 0.4) is 0 Å². The average molecular weight is 395 g/mol. The fraction of sp³-hybridized carbons (Fsp3) is 0.250. The third-order valence-electron chi connectivity index (χ3n) is 3.82. The van der Waals surface area contributed by atoms with Gasteiger partial charge in [0.2, 0.25) is 5.01 Å². The lowest BCUT2D eigenvalue weighted by molar-refractivity contribution is 0.0950. The molecule has 2 heterocycles. The molecule has 0 unspecified atom stereocenters. The maximum Gasteiger partial charge on any atom is 0.286 e. The largest absolute Gasteiger partial charge is 0.348 e. The highest BCUT2D eigenvalue weighted by Crippen LogP contribution is 2.16. The second-order valence-electron chi connectivity index (χ2n) is 6.67. The number of benzene rings is 1. The number of aromatic nitrogens is 3. The SMILES string of the molecule is CC(C)Cc1nnc(C(=O)Nc2ccc(C(=O)NCc3cccnc3)cc2)s1. The first-order valence-corrected chi connectivity index (χ1v) is 9.74. The third kappa shape index (κ3) is 5.43. The maximum atomic E-state index is 12.3. The Morgan fingerprint density at radius 3 is 2.54 bits per heavy atom. The highest BCUT2D eigenvalue weighted by molar-refractivity contribution is 7.13. The summed E-state index contributed by atoms with van der Waals surface area (Å²) in [4.78, 5) is 28.5. The first-order valence-electron chi connectivity index (χ1n) is 8.92. The predicted octanol–water partition coefficient (Wildman–Crippen LogP) is 3.31. The minimum atomic E-state index is -0.304. The molecule has 8 heteroatoms. The van der Waals surface area contributed by atoms with Crippen molar-refractivity contribution in [3.63, 3.8) is 0 Å². The monoisotopic (exact) mass is 395 g/mol. The van der Waals surface area contributed by atoms with Crippen LogP contribution in [0, 0.1) is 5.92 Å². The van der Waals surface area contributed by atoms with Crippen molar-refractivity contribution in [1.29, 1.82) is 0 Å². The number of hydrogen-bond acceptors (Lipinski definition) is 6. The molecule has 2 aromatic heterocycles. The van der Waals surface area contributed by atoms with Crippen LogP contribution in [0.25, 0.3) is 0 Å². The zero-order valence-corrected chi connectivity index (χ0v) is 16.5. The Labute approximate surface area is 167 Å². The standard InChI is InChI=1S/C20H21N5O2S/c1-13(2)10-17-24-25-20(28-17)19(27)23-16-7-5-15(6-8-16)18(26)22-12-14-4-3-9-21-11-14/h3-9,11,13H,10,12H2,1-2H3,(H,22,26)(H,23,27). The van der Waals surface area contributed by atoms with E-state index in [0.717, 1.165) is 17.0 Å². The number of carbonyl (C=O) groups excluding carboxylic acids is 2. The lowest BCUT2D eigenvalue weighted by Gasteiger charge is -2.07. The van der Waals surface area contributed by atoms with E-state index in [-0.39, 0.29) is 11.8 Å². The van der Waals surface area contributed by atoms with E-state index in [9.17, 15) is 9.59 Å². The van der Waals surface area contributed by atoms with Crippen molar-refractivity contribution in [2.45, 2.75) is 26.8 Å². The van der Waals surface area contributed by atoms with Gasteiger partial charge in [0.25, 0.3) is 11.8 Å². The zero-order chi connectivity index (χ0) is 19.9. The van der Waals surface area contributed by atoms with Gasteiger partial charge in [0.1, 0.15) is 5.01 Å². The summed E-state index contributed by atoms with van der Waals surface area (Å²) in [7, 11) is 0. The molecule has 3 aromatic rings. The van der Waals surface area contributed by atoms with Gasteiger partial charge in [-0.3, -0.25) is 14.6 Å². The van der Waals surface area contributed by atoms with Crippen LogP contribution < -0.4 is 10.6 Å². The van der Waals surface area contributed by atoms with Crippen LogP contribution in [0.5, 0.6) is 0 Å².